The number of carbonyl (C=O) groups excluding carboxylic acids is 2. The van der Waals surface area contributed by atoms with E-state index in [0.717, 1.165) is 10.4 Å². The maximum Gasteiger partial charge on any atom is 0.248 e. The number of nitrogens with one attached hydrogen (secondary N) is 1. The molecule has 1 atom stereocenters. The van der Waals surface area contributed by atoms with E-state index < -0.39 is 11.9 Å². The van der Waals surface area contributed by atoms with E-state index in [1.54, 1.807) is 0 Å². The van der Waals surface area contributed by atoms with E-state index >= 15 is 0 Å². The van der Waals surface area contributed by atoms with E-state index in [1.807, 2.05) is 78.2 Å². The first-order chi connectivity index (χ1) is 16.1. The highest BCUT2D eigenvalue weighted by Crippen LogP contribution is 2.29. The van der Waals surface area contributed by atoms with Gasteiger partial charge in [0.15, 0.2) is 0 Å². The van der Waals surface area contributed by atoms with Crippen LogP contribution in [0.1, 0.15) is 22.0 Å². The Morgan fingerprint density at radius 1 is 0.848 bits per heavy atom. The monoisotopic (exact) mass is 458 g/mol. The lowest BCUT2D eigenvalue weighted by molar-refractivity contribution is -0.126. The van der Waals surface area contributed by atoms with Gasteiger partial charge in [-0.15, -0.1) is 11.3 Å². The van der Waals surface area contributed by atoms with Crippen molar-refractivity contribution in [2.75, 3.05) is 4.90 Å². The van der Waals surface area contributed by atoms with Crippen LogP contribution in [-0.4, -0.2) is 11.8 Å². The fraction of sp³-hybridized carbons (Fsp3) is 0.111. The third-order valence-electron chi connectivity index (χ3n) is 5.21. The van der Waals surface area contributed by atoms with Gasteiger partial charge in [-0.2, -0.15) is 0 Å². The van der Waals surface area contributed by atoms with Crippen LogP contribution in [0, 0.1) is 5.82 Å². The van der Waals surface area contributed by atoms with Crippen LogP contribution in [0.3, 0.4) is 0 Å². The van der Waals surface area contributed by atoms with Crippen LogP contribution >= 0.6 is 11.3 Å². The van der Waals surface area contributed by atoms with Crippen molar-refractivity contribution in [2.24, 2.45) is 0 Å². The quantitative estimate of drug-likeness (QED) is 0.378. The zero-order chi connectivity index (χ0) is 23.0. The van der Waals surface area contributed by atoms with Crippen LogP contribution in [0.5, 0.6) is 0 Å². The lowest BCUT2D eigenvalue weighted by atomic mass is 10.0. The number of anilines is 1. The summed E-state index contributed by atoms with van der Waals surface area (Å²) in [6, 6.07) is 27.3. The Bertz CT molecular complexity index is 1180. The van der Waals surface area contributed by atoms with Crippen molar-refractivity contribution in [2.45, 2.75) is 19.0 Å². The summed E-state index contributed by atoms with van der Waals surface area (Å²) in [4.78, 5) is 29.4. The number of rotatable bonds is 8. The molecule has 0 aliphatic rings. The second-order valence-electron chi connectivity index (χ2n) is 7.51. The highest BCUT2D eigenvalue weighted by atomic mass is 32.1. The second kappa shape index (κ2) is 10.7. The molecule has 4 rings (SSSR count). The fourth-order valence-electron chi connectivity index (χ4n) is 3.62. The van der Waals surface area contributed by atoms with Gasteiger partial charge in [-0.05, 0) is 46.8 Å². The van der Waals surface area contributed by atoms with Crippen molar-refractivity contribution in [3.63, 3.8) is 0 Å². The normalized spacial score (nSPS) is 11.5. The molecular weight excluding hydrogens is 435 g/mol. The Hall–Kier alpha value is -3.77. The average molecular weight is 459 g/mol. The second-order valence-corrected chi connectivity index (χ2v) is 8.55. The Labute approximate surface area is 196 Å². The van der Waals surface area contributed by atoms with Crippen molar-refractivity contribution in [3.8, 4) is 0 Å². The van der Waals surface area contributed by atoms with Crippen LogP contribution in [0.2, 0.25) is 0 Å². The predicted octanol–water partition coefficient (Wildman–Crippen LogP) is 5.52. The number of carbonyl (C=O) groups is 2. The van der Waals surface area contributed by atoms with Crippen molar-refractivity contribution < 1.29 is 14.0 Å². The van der Waals surface area contributed by atoms with E-state index in [1.165, 1.54) is 40.5 Å². The van der Waals surface area contributed by atoms with Gasteiger partial charge in [0.1, 0.15) is 11.9 Å². The molecule has 0 radical (unpaired) electrons. The molecule has 166 valence electrons. The van der Waals surface area contributed by atoms with Gasteiger partial charge in [0.2, 0.25) is 11.8 Å². The van der Waals surface area contributed by atoms with Gasteiger partial charge in [-0.1, -0.05) is 66.7 Å². The number of hydrogen-bond donors (Lipinski definition) is 1. The van der Waals surface area contributed by atoms with Gasteiger partial charge in [0.05, 0.1) is 6.42 Å². The van der Waals surface area contributed by atoms with Crippen LogP contribution < -0.4 is 10.2 Å². The molecule has 4 aromatic rings. The van der Waals surface area contributed by atoms with Crippen molar-refractivity contribution >= 4 is 28.8 Å². The summed E-state index contributed by atoms with van der Waals surface area (Å²) < 4.78 is 13.7. The van der Waals surface area contributed by atoms with Gasteiger partial charge in [0.25, 0.3) is 0 Å². The Kier molecular flexibility index (Phi) is 7.27. The van der Waals surface area contributed by atoms with Gasteiger partial charge in [0, 0.05) is 17.1 Å². The minimum Gasteiger partial charge on any atom is -0.350 e. The molecular formula is C27H23FN2O2S. The van der Waals surface area contributed by atoms with E-state index in [9.17, 15) is 14.0 Å². The largest absolute Gasteiger partial charge is 0.350 e. The minimum absolute atomic E-state index is 0.143. The van der Waals surface area contributed by atoms with Crippen molar-refractivity contribution in [1.82, 2.24) is 5.32 Å². The lowest BCUT2D eigenvalue weighted by Gasteiger charge is -2.31. The summed E-state index contributed by atoms with van der Waals surface area (Å²) >= 11 is 1.48. The standard InChI is InChI=1S/C27H23FN2O2S/c28-22-13-15-23(16-14-22)30(25(31)18-24-12-7-17-33-24)26(21-10-5-2-6-11-21)27(32)29-19-20-8-3-1-4-9-20/h1-17,26H,18-19H2,(H,29,32)/t26-/m1/s1. The van der Waals surface area contributed by atoms with Crippen LogP contribution in [-0.2, 0) is 22.6 Å². The molecule has 0 spiro atoms. The van der Waals surface area contributed by atoms with Crippen molar-refractivity contribution in [3.05, 3.63) is 124 Å². The third kappa shape index (κ3) is 5.73. The molecule has 6 heteroatoms. The van der Waals surface area contributed by atoms with Crippen LogP contribution in [0.4, 0.5) is 10.1 Å². The summed E-state index contributed by atoms with van der Waals surface area (Å²) in [5.74, 6) is -0.962. The highest BCUT2D eigenvalue weighted by Gasteiger charge is 2.32. The van der Waals surface area contributed by atoms with Crippen LogP contribution in [0.15, 0.2) is 102 Å². The first-order valence-electron chi connectivity index (χ1n) is 10.6. The zero-order valence-corrected chi connectivity index (χ0v) is 18.7. The van der Waals surface area contributed by atoms with Gasteiger partial charge < -0.3 is 5.32 Å². The Balaban J connectivity index is 1.71. The number of amides is 2. The maximum absolute atomic E-state index is 13.7. The molecule has 0 bridgehead atoms. The lowest BCUT2D eigenvalue weighted by Crippen LogP contribution is -2.44. The predicted molar refractivity (Wildman–Crippen MR) is 129 cm³/mol. The molecule has 0 aliphatic carbocycles. The summed E-state index contributed by atoms with van der Waals surface area (Å²) in [6.07, 6.45) is 0.143. The van der Waals surface area contributed by atoms with E-state index in [2.05, 4.69) is 5.32 Å². The Morgan fingerprint density at radius 3 is 2.15 bits per heavy atom. The number of nitrogens with zero attached hydrogens (tertiary/aromatic N) is 1. The number of halogens is 1. The SMILES string of the molecule is O=C(NCc1ccccc1)[C@@H](c1ccccc1)N(C(=O)Cc1cccs1)c1ccc(F)cc1. The van der Waals surface area contributed by atoms with Crippen molar-refractivity contribution in [1.29, 1.82) is 0 Å². The third-order valence-corrected chi connectivity index (χ3v) is 6.09. The number of benzene rings is 3. The highest BCUT2D eigenvalue weighted by molar-refractivity contribution is 7.10. The zero-order valence-electron chi connectivity index (χ0n) is 17.9. The molecule has 4 nitrogen and oxygen atoms in total. The van der Waals surface area contributed by atoms with Gasteiger partial charge in [-0.3, -0.25) is 14.5 Å². The fourth-order valence-corrected chi connectivity index (χ4v) is 4.32. The van der Waals surface area contributed by atoms with E-state index in [-0.39, 0.29) is 18.2 Å². The molecule has 0 saturated carbocycles. The molecule has 1 N–H and O–H groups in total. The molecule has 1 heterocycles. The average Bonchev–Trinajstić information content (AvgIpc) is 3.36. The molecule has 3 aromatic carbocycles. The summed E-state index contributed by atoms with van der Waals surface area (Å²) in [5.41, 5.74) is 2.09. The molecule has 2 amide bonds. The van der Waals surface area contributed by atoms with E-state index in [4.69, 9.17) is 0 Å². The van der Waals surface area contributed by atoms with Crippen LogP contribution in [0.25, 0.3) is 0 Å². The summed E-state index contributed by atoms with van der Waals surface area (Å²) in [5, 5.41) is 4.88. The molecule has 0 fully saturated rings. The molecule has 1 aromatic heterocycles. The first-order valence-corrected chi connectivity index (χ1v) is 11.5. The summed E-state index contributed by atoms with van der Waals surface area (Å²) in [6.45, 7) is 0.333. The smallest absolute Gasteiger partial charge is 0.248 e. The molecule has 33 heavy (non-hydrogen) atoms. The van der Waals surface area contributed by atoms with E-state index in [0.29, 0.717) is 17.8 Å². The minimum atomic E-state index is -0.909. The number of thiophene rings is 1. The summed E-state index contributed by atoms with van der Waals surface area (Å²) in [7, 11) is 0. The molecule has 0 saturated heterocycles. The first kappa shape index (κ1) is 22.4. The van der Waals surface area contributed by atoms with Gasteiger partial charge >= 0.3 is 0 Å². The number of hydrogen-bond acceptors (Lipinski definition) is 3. The molecule has 0 aliphatic heterocycles. The molecule has 0 unspecified atom stereocenters. The topological polar surface area (TPSA) is 49.4 Å². The van der Waals surface area contributed by atoms with Gasteiger partial charge in [-0.25, -0.2) is 4.39 Å². The Morgan fingerprint density at radius 2 is 1.52 bits per heavy atom. The maximum atomic E-state index is 13.7.